The van der Waals surface area contributed by atoms with E-state index in [0.717, 1.165) is 15.0 Å². The van der Waals surface area contributed by atoms with Crippen LogP contribution >= 0.6 is 22.9 Å². The molecule has 0 amide bonds. The van der Waals surface area contributed by atoms with E-state index < -0.39 is 17.1 Å². The van der Waals surface area contributed by atoms with Crippen LogP contribution in [0.4, 0.5) is 4.39 Å². The summed E-state index contributed by atoms with van der Waals surface area (Å²) in [5.41, 5.74) is 0.123. The number of aryl methyl sites for hydroxylation is 2. The molecule has 2 aromatic carbocycles. The van der Waals surface area contributed by atoms with Gasteiger partial charge in [0.25, 0.3) is 5.56 Å². The topological polar surface area (TPSA) is 62.5 Å². The van der Waals surface area contributed by atoms with Gasteiger partial charge in [0.1, 0.15) is 22.1 Å². The van der Waals surface area contributed by atoms with Crippen molar-refractivity contribution in [3.8, 4) is 17.2 Å². The van der Waals surface area contributed by atoms with Gasteiger partial charge >= 0.3 is 5.69 Å². The molecule has 0 aliphatic rings. The fraction of sp³-hybridized carbons (Fsp3) is 0.217. The summed E-state index contributed by atoms with van der Waals surface area (Å²) in [5, 5.41) is 0.604. The number of benzene rings is 2. The van der Waals surface area contributed by atoms with E-state index in [-0.39, 0.29) is 22.8 Å². The van der Waals surface area contributed by atoms with Gasteiger partial charge in [-0.05, 0) is 43.7 Å². The lowest BCUT2D eigenvalue weighted by Crippen LogP contribution is -2.39. The van der Waals surface area contributed by atoms with Crippen LogP contribution in [-0.4, -0.2) is 23.4 Å². The van der Waals surface area contributed by atoms with Gasteiger partial charge in [-0.3, -0.25) is 9.36 Å². The van der Waals surface area contributed by atoms with Crippen LogP contribution in [0.5, 0.6) is 11.5 Å². The molecule has 0 aliphatic heterocycles. The van der Waals surface area contributed by atoms with Crippen molar-refractivity contribution in [3.63, 3.8) is 0 Å². The molecule has 0 atom stereocenters. The maximum atomic E-state index is 14.6. The van der Waals surface area contributed by atoms with Gasteiger partial charge in [0.05, 0.1) is 31.8 Å². The van der Waals surface area contributed by atoms with Crippen molar-refractivity contribution >= 4 is 33.2 Å². The maximum absolute atomic E-state index is 14.6. The van der Waals surface area contributed by atoms with Crippen molar-refractivity contribution in [3.05, 3.63) is 84.1 Å². The highest BCUT2D eigenvalue weighted by atomic mass is 35.5. The Morgan fingerprint density at radius 1 is 1.09 bits per heavy atom. The van der Waals surface area contributed by atoms with Gasteiger partial charge in [-0.25, -0.2) is 13.8 Å². The second-order valence-electron chi connectivity index (χ2n) is 7.21. The van der Waals surface area contributed by atoms with Crippen molar-refractivity contribution in [2.45, 2.75) is 20.4 Å². The third kappa shape index (κ3) is 3.49. The first kappa shape index (κ1) is 22.1. The number of ether oxygens (including phenoxy) is 2. The number of rotatable bonds is 5. The quantitative estimate of drug-likeness (QED) is 0.421. The Kier molecular flexibility index (Phi) is 5.83. The minimum Gasteiger partial charge on any atom is -0.497 e. The number of aromatic nitrogens is 2. The second-order valence-corrected chi connectivity index (χ2v) is 8.82. The first-order valence-corrected chi connectivity index (χ1v) is 10.9. The molecule has 2 heterocycles. The third-order valence-corrected chi connectivity index (χ3v) is 7.04. The van der Waals surface area contributed by atoms with Gasteiger partial charge in [0.2, 0.25) is 0 Å². The number of thiophene rings is 1. The Hall–Kier alpha value is -3.10. The zero-order valence-corrected chi connectivity index (χ0v) is 19.4. The predicted molar refractivity (Wildman–Crippen MR) is 125 cm³/mol. The minimum absolute atomic E-state index is 0.126. The molecule has 0 bridgehead atoms. The molecule has 0 fully saturated rings. The van der Waals surface area contributed by atoms with Crippen LogP contribution in [0.15, 0.2) is 46.0 Å². The number of nitrogens with zero attached hydrogens (tertiary/aromatic N) is 2. The molecule has 0 saturated heterocycles. The number of methoxy groups -OCH3 is 2. The lowest BCUT2D eigenvalue weighted by molar-refractivity contribution is 0.392. The highest BCUT2D eigenvalue weighted by Gasteiger charge is 2.23. The van der Waals surface area contributed by atoms with Crippen molar-refractivity contribution in [1.82, 2.24) is 9.13 Å². The summed E-state index contributed by atoms with van der Waals surface area (Å²) >= 11 is 7.55. The van der Waals surface area contributed by atoms with Crippen LogP contribution in [0.25, 0.3) is 15.9 Å². The molecule has 9 heteroatoms. The Morgan fingerprint density at radius 3 is 2.50 bits per heavy atom. The summed E-state index contributed by atoms with van der Waals surface area (Å²) < 4.78 is 27.6. The van der Waals surface area contributed by atoms with Gasteiger partial charge in [0, 0.05) is 21.5 Å². The van der Waals surface area contributed by atoms with E-state index in [2.05, 4.69) is 0 Å². The molecule has 0 spiro atoms. The molecule has 6 nitrogen and oxygen atoms in total. The molecule has 4 rings (SSSR count). The fourth-order valence-corrected chi connectivity index (χ4v) is 4.98. The minimum atomic E-state index is -0.619. The molecule has 0 saturated carbocycles. The first-order chi connectivity index (χ1) is 15.3. The van der Waals surface area contributed by atoms with Gasteiger partial charge < -0.3 is 9.47 Å². The lowest BCUT2D eigenvalue weighted by Gasteiger charge is -2.16. The first-order valence-electron chi connectivity index (χ1n) is 9.69. The van der Waals surface area contributed by atoms with E-state index in [1.54, 1.807) is 24.3 Å². The summed E-state index contributed by atoms with van der Waals surface area (Å²) in [6.45, 7) is 3.58. The molecule has 166 valence electrons. The summed E-state index contributed by atoms with van der Waals surface area (Å²) in [7, 11) is 2.95. The van der Waals surface area contributed by atoms with E-state index in [1.165, 1.54) is 42.3 Å². The normalized spacial score (nSPS) is 11.2. The van der Waals surface area contributed by atoms with Gasteiger partial charge in [-0.1, -0.05) is 17.7 Å². The zero-order valence-electron chi connectivity index (χ0n) is 17.9. The molecule has 2 aromatic heterocycles. The van der Waals surface area contributed by atoms with Gasteiger partial charge in [-0.15, -0.1) is 11.3 Å². The largest absolute Gasteiger partial charge is 0.497 e. The average Bonchev–Trinajstić information content (AvgIpc) is 3.07. The highest BCUT2D eigenvalue weighted by molar-refractivity contribution is 7.18. The van der Waals surface area contributed by atoms with Crippen LogP contribution < -0.4 is 20.7 Å². The van der Waals surface area contributed by atoms with Crippen LogP contribution in [0.3, 0.4) is 0 Å². The van der Waals surface area contributed by atoms with E-state index in [4.69, 9.17) is 21.1 Å². The monoisotopic (exact) mass is 474 g/mol. The van der Waals surface area contributed by atoms with E-state index >= 15 is 0 Å². The highest BCUT2D eigenvalue weighted by Crippen LogP contribution is 2.31. The lowest BCUT2D eigenvalue weighted by atomic mass is 10.2. The molecular formula is C23H20ClFN2O4S. The summed E-state index contributed by atoms with van der Waals surface area (Å²) in [5.74, 6) is 0.283. The molecule has 0 N–H and O–H groups in total. The maximum Gasteiger partial charge on any atom is 0.337 e. The van der Waals surface area contributed by atoms with Gasteiger partial charge in [0.15, 0.2) is 0 Å². The van der Waals surface area contributed by atoms with Crippen LogP contribution in [0, 0.1) is 19.7 Å². The molecular weight excluding hydrogens is 455 g/mol. The third-order valence-electron chi connectivity index (χ3n) is 5.46. The van der Waals surface area contributed by atoms with E-state index in [1.807, 2.05) is 13.8 Å². The smallest absolute Gasteiger partial charge is 0.337 e. The fourth-order valence-electron chi connectivity index (χ4n) is 3.62. The van der Waals surface area contributed by atoms with E-state index in [0.29, 0.717) is 21.7 Å². The Bertz CT molecular complexity index is 1450. The number of hydrogen-bond donors (Lipinski definition) is 0. The standard InChI is InChI=1S/C23H20ClFN2O4S/c1-12-13(2)32-22-20(12)21(28)27(18-9-8-14(30-3)10-19(18)31-4)23(29)26(22)11-15-16(24)6-5-7-17(15)25/h5-10H,11H2,1-4H3. The number of halogens is 2. The number of fused-ring (bicyclic) bond motifs is 1. The molecule has 0 unspecified atom stereocenters. The Balaban J connectivity index is 2.10. The van der Waals surface area contributed by atoms with Crippen molar-refractivity contribution in [1.29, 1.82) is 0 Å². The van der Waals surface area contributed by atoms with Crippen LogP contribution in [0.2, 0.25) is 5.02 Å². The second kappa shape index (κ2) is 8.44. The number of hydrogen-bond acceptors (Lipinski definition) is 5. The zero-order chi connectivity index (χ0) is 23.2. The molecule has 32 heavy (non-hydrogen) atoms. The molecule has 0 radical (unpaired) electrons. The molecule has 4 aromatic rings. The Morgan fingerprint density at radius 2 is 1.84 bits per heavy atom. The Labute approximate surface area is 192 Å². The van der Waals surface area contributed by atoms with Crippen molar-refractivity contribution in [2.24, 2.45) is 0 Å². The average molecular weight is 475 g/mol. The van der Waals surface area contributed by atoms with E-state index in [9.17, 15) is 14.0 Å². The van der Waals surface area contributed by atoms with Crippen molar-refractivity contribution < 1.29 is 13.9 Å². The van der Waals surface area contributed by atoms with Crippen LogP contribution in [0.1, 0.15) is 16.0 Å². The predicted octanol–water partition coefficient (Wildman–Crippen LogP) is 4.69. The molecule has 0 aliphatic carbocycles. The van der Waals surface area contributed by atoms with Crippen LogP contribution in [-0.2, 0) is 6.54 Å². The summed E-state index contributed by atoms with van der Waals surface area (Å²) in [6.07, 6.45) is 0. The SMILES string of the molecule is COc1ccc(-n2c(=O)c3c(C)c(C)sc3n(Cc3c(F)cccc3Cl)c2=O)c(OC)c1. The van der Waals surface area contributed by atoms with Crippen molar-refractivity contribution in [2.75, 3.05) is 14.2 Å². The van der Waals surface area contributed by atoms with Gasteiger partial charge in [-0.2, -0.15) is 0 Å². The summed E-state index contributed by atoms with van der Waals surface area (Å²) in [6, 6.07) is 9.17. The summed E-state index contributed by atoms with van der Waals surface area (Å²) in [4.78, 5) is 28.5.